The van der Waals surface area contributed by atoms with Crippen LogP contribution in [-0.4, -0.2) is 17.6 Å². The van der Waals surface area contributed by atoms with Crippen molar-refractivity contribution in [2.75, 3.05) is 0 Å². The Morgan fingerprint density at radius 1 is 1.55 bits per heavy atom. The van der Waals surface area contributed by atoms with Crippen LogP contribution < -0.4 is 0 Å². The highest BCUT2D eigenvalue weighted by Gasteiger charge is 2.21. The number of carbonyl (C=O) groups is 1. The maximum absolute atomic E-state index is 10.8. The van der Waals surface area contributed by atoms with Crippen molar-refractivity contribution in [3.63, 3.8) is 0 Å². The predicted molar refractivity (Wildman–Crippen MR) is 55.1 cm³/mol. The zero-order chi connectivity index (χ0) is 9.07. The van der Waals surface area contributed by atoms with E-state index >= 15 is 0 Å². The SMILES string of the molecule is BC(=O)SC(C)(C)CC(C)C. The lowest BCUT2D eigenvalue weighted by atomic mass is 10.00. The molecule has 0 amide bonds. The predicted octanol–water partition coefficient (Wildman–Crippen LogP) is 2.30. The van der Waals surface area contributed by atoms with Gasteiger partial charge in [-0.2, -0.15) is 0 Å². The third kappa shape index (κ3) is 6.48. The average Bonchev–Trinajstić information content (AvgIpc) is 1.53. The molecule has 0 rings (SSSR count). The minimum Gasteiger partial charge on any atom is -0.300 e. The van der Waals surface area contributed by atoms with Crippen LogP contribution >= 0.6 is 11.8 Å². The molecule has 0 aromatic rings. The summed E-state index contributed by atoms with van der Waals surface area (Å²) in [5.74, 6) is 0.664. The highest BCUT2D eigenvalue weighted by atomic mass is 32.2. The van der Waals surface area contributed by atoms with E-state index in [-0.39, 0.29) is 9.76 Å². The van der Waals surface area contributed by atoms with E-state index in [0.717, 1.165) is 6.42 Å². The van der Waals surface area contributed by atoms with Gasteiger partial charge in [0.05, 0.1) is 0 Å². The van der Waals surface area contributed by atoms with Crippen molar-refractivity contribution >= 4 is 24.6 Å². The molecule has 64 valence electrons. The summed E-state index contributed by atoms with van der Waals surface area (Å²) in [5, 5.41) is 0.218. The van der Waals surface area contributed by atoms with E-state index in [2.05, 4.69) is 27.7 Å². The molecule has 0 radical (unpaired) electrons. The van der Waals surface area contributed by atoms with E-state index < -0.39 is 0 Å². The normalized spacial score (nSPS) is 12.1. The molecule has 11 heavy (non-hydrogen) atoms. The van der Waals surface area contributed by atoms with Crippen molar-refractivity contribution in [1.82, 2.24) is 0 Å². The Labute approximate surface area is 74.7 Å². The fraction of sp³-hybridized carbons (Fsp3) is 0.875. The van der Waals surface area contributed by atoms with Crippen molar-refractivity contribution in [3.8, 4) is 0 Å². The summed E-state index contributed by atoms with van der Waals surface area (Å²) in [6, 6.07) is 0. The zero-order valence-corrected chi connectivity index (χ0v) is 8.92. The Morgan fingerprint density at radius 2 is 2.00 bits per heavy atom. The van der Waals surface area contributed by atoms with Gasteiger partial charge in [0.2, 0.25) is 7.85 Å². The van der Waals surface area contributed by atoms with E-state index in [4.69, 9.17) is 0 Å². The molecule has 0 aliphatic rings. The number of hydrogen-bond acceptors (Lipinski definition) is 2. The number of rotatable bonds is 3. The first kappa shape index (κ1) is 11.1. The first-order valence-corrected chi connectivity index (χ1v) is 4.85. The van der Waals surface area contributed by atoms with E-state index in [1.54, 1.807) is 7.85 Å². The van der Waals surface area contributed by atoms with Gasteiger partial charge in [0.1, 0.15) is 5.01 Å². The summed E-state index contributed by atoms with van der Waals surface area (Å²) >= 11 is 1.45. The summed E-state index contributed by atoms with van der Waals surface area (Å²) in [4.78, 5) is 10.8. The standard InChI is InChI=1S/C8H17BOS/c1-6(2)5-8(3,4)11-7(9)10/h6H,5,9H2,1-4H3. The molecule has 0 atom stereocenters. The van der Waals surface area contributed by atoms with Crippen molar-refractivity contribution < 1.29 is 4.79 Å². The summed E-state index contributed by atoms with van der Waals surface area (Å²) in [6.07, 6.45) is 1.09. The van der Waals surface area contributed by atoms with Gasteiger partial charge in [0.15, 0.2) is 0 Å². The van der Waals surface area contributed by atoms with E-state index in [0.29, 0.717) is 5.92 Å². The average molecular weight is 172 g/mol. The van der Waals surface area contributed by atoms with E-state index in [1.807, 2.05) is 0 Å². The summed E-state index contributed by atoms with van der Waals surface area (Å²) in [6.45, 7) is 8.61. The Bertz CT molecular complexity index is 143. The maximum Gasteiger partial charge on any atom is 0.201 e. The highest BCUT2D eigenvalue weighted by molar-refractivity contribution is 8.17. The van der Waals surface area contributed by atoms with Gasteiger partial charge < -0.3 is 4.79 Å². The monoisotopic (exact) mass is 172 g/mol. The molecular weight excluding hydrogens is 155 g/mol. The van der Waals surface area contributed by atoms with E-state index in [1.165, 1.54) is 11.8 Å². The van der Waals surface area contributed by atoms with E-state index in [9.17, 15) is 4.79 Å². The number of hydrogen-bond donors (Lipinski definition) is 0. The topological polar surface area (TPSA) is 17.1 Å². The Hall–Kier alpha value is 0.0849. The summed E-state index contributed by atoms with van der Waals surface area (Å²) < 4.78 is 0.111. The molecule has 0 aromatic heterocycles. The smallest absolute Gasteiger partial charge is 0.201 e. The molecule has 0 fully saturated rings. The van der Waals surface area contributed by atoms with Crippen molar-refractivity contribution in [1.29, 1.82) is 0 Å². The van der Waals surface area contributed by atoms with Crippen molar-refractivity contribution in [2.24, 2.45) is 5.92 Å². The molecule has 0 saturated heterocycles. The molecule has 0 spiro atoms. The second kappa shape index (κ2) is 4.20. The minimum absolute atomic E-state index is 0.111. The summed E-state index contributed by atoms with van der Waals surface area (Å²) in [7, 11) is 1.63. The molecule has 0 heterocycles. The zero-order valence-electron chi connectivity index (χ0n) is 8.10. The van der Waals surface area contributed by atoms with Crippen LogP contribution in [0.25, 0.3) is 0 Å². The Kier molecular flexibility index (Phi) is 4.23. The minimum atomic E-state index is 0.111. The first-order valence-electron chi connectivity index (χ1n) is 4.03. The van der Waals surface area contributed by atoms with Gasteiger partial charge in [0.25, 0.3) is 0 Å². The quantitative estimate of drug-likeness (QED) is 0.607. The van der Waals surface area contributed by atoms with Crippen LogP contribution in [0.4, 0.5) is 4.79 Å². The molecule has 0 saturated carbocycles. The van der Waals surface area contributed by atoms with Crippen LogP contribution in [0.5, 0.6) is 0 Å². The molecule has 0 aromatic carbocycles. The first-order chi connectivity index (χ1) is 4.83. The second-order valence-corrected chi connectivity index (χ2v) is 5.84. The lowest BCUT2D eigenvalue weighted by Crippen LogP contribution is -2.19. The Balaban J connectivity index is 3.89. The van der Waals surface area contributed by atoms with Gasteiger partial charge in [-0.1, -0.05) is 39.5 Å². The molecule has 0 unspecified atom stereocenters. The summed E-state index contributed by atoms with van der Waals surface area (Å²) in [5.41, 5.74) is 0. The third-order valence-corrected chi connectivity index (χ3v) is 2.33. The van der Waals surface area contributed by atoms with Gasteiger partial charge in [-0.25, -0.2) is 0 Å². The van der Waals surface area contributed by atoms with Crippen molar-refractivity contribution in [2.45, 2.75) is 38.9 Å². The fourth-order valence-electron chi connectivity index (χ4n) is 1.41. The third-order valence-electron chi connectivity index (χ3n) is 1.32. The lowest BCUT2D eigenvalue weighted by molar-refractivity contribution is 0.275. The van der Waals surface area contributed by atoms with Crippen LogP contribution in [0.3, 0.4) is 0 Å². The van der Waals surface area contributed by atoms with Gasteiger partial charge in [-0.15, -0.1) is 0 Å². The van der Waals surface area contributed by atoms with Crippen LogP contribution in [0, 0.1) is 5.92 Å². The number of thioether (sulfide) groups is 1. The van der Waals surface area contributed by atoms with Crippen LogP contribution in [0.15, 0.2) is 0 Å². The highest BCUT2D eigenvalue weighted by Crippen LogP contribution is 2.31. The van der Waals surface area contributed by atoms with Crippen LogP contribution in [-0.2, 0) is 0 Å². The largest absolute Gasteiger partial charge is 0.300 e. The Morgan fingerprint density at radius 3 is 2.27 bits per heavy atom. The molecule has 3 heteroatoms. The van der Waals surface area contributed by atoms with Crippen LogP contribution in [0.2, 0.25) is 0 Å². The molecule has 0 aliphatic carbocycles. The second-order valence-electron chi connectivity index (χ2n) is 3.95. The maximum atomic E-state index is 10.8. The molecule has 0 bridgehead atoms. The van der Waals surface area contributed by atoms with Crippen LogP contribution in [0.1, 0.15) is 34.1 Å². The van der Waals surface area contributed by atoms with Gasteiger partial charge in [0, 0.05) is 4.75 Å². The molecule has 0 N–H and O–H groups in total. The van der Waals surface area contributed by atoms with Gasteiger partial charge >= 0.3 is 0 Å². The number of carbonyl (C=O) groups excluding carboxylic acids is 1. The fourth-order valence-corrected chi connectivity index (χ4v) is 2.61. The van der Waals surface area contributed by atoms with Crippen molar-refractivity contribution in [3.05, 3.63) is 0 Å². The lowest BCUT2D eigenvalue weighted by Gasteiger charge is -2.24. The molecule has 0 aliphatic heterocycles. The van der Waals surface area contributed by atoms with Gasteiger partial charge in [-0.3, -0.25) is 0 Å². The van der Waals surface area contributed by atoms with Gasteiger partial charge in [-0.05, 0) is 12.3 Å². The molecule has 1 nitrogen and oxygen atoms in total. The molecular formula is C8H17BOS.